The third kappa shape index (κ3) is 2.36. The number of rotatable bonds is 3. The highest BCUT2D eigenvalue weighted by molar-refractivity contribution is 6.31. The first-order valence-corrected chi connectivity index (χ1v) is 5.57. The molecule has 0 aliphatic rings. The van der Waals surface area contributed by atoms with E-state index >= 15 is 0 Å². The lowest BCUT2D eigenvalue weighted by molar-refractivity contribution is 0.598. The second kappa shape index (κ2) is 4.58. The van der Waals surface area contributed by atoms with Gasteiger partial charge >= 0.3 is 0 Å². The van der Waals surface area contributed by atoms with E-state index in [1.807, 2.05) is 35.9 Å². The molecule has 1 aromatic heterocycles. The van der Waals surface area contributed by atoms with Crippen LogP contribution in [0.2, 0.25) is 5.02 Å². The van der Waals surface area contributed by atoms with Crippen molar-refractivity contribution in [2.45, 2.75) is 19.9 Å². The van der Waals surface area contributed by atoms with E-state index < -0.39 is 0 Å². The maximum absolute atomic E-state index is 5.93. The molecule has 2 rings (SSSR count). The number of nitrogen functional groups attached to an aromatic ring is 1. The normalized spacial score (nSPS) is 10.6. The molecule has 0 radical (unpaired) electrons. The average Bonchev–Trinajstić information content (AvgIpc) is 2.60. The minimum atomic E-state index is 0.720. The Labute approximate surface area is 99.8 Å². The molecule has 0 fully saturated rings. The van der Waals surface area contributed by atoms with Crippen molar-refractivity contribution in [1.82, 2.24) is 9.78 Å². The fourth-order valence-electron chi connectivity index (χ4n) is 1.57. The molecule has 0 amide bonds. The summed E-state index contributed by atoms with van der Waals surface area (Å²) < 4.78 is 1.92. The van der Waals surface area contributed by atoms with Crippen LogP contribution in [0.4, 0.5) is 5.69 Å². The van der Waals surface area contributed by atoms with Gasteiger partial charge < -0.3 is 5.73 Å². The summed E-state index contributed by atoms with van der Waals surface area (Å²) in [6, 6.07) is 7.90. The fourth-order valence-corrected chi connectivity index (χ4v) is 1.71. The third-order valence-electron chi connectivity index (χ3n) is 2.64. The van der Waals surface area contributed by atoms with Gasteiger partial charge in [-0.05, 0) is 31.0 Å². The second-order valence-electron chi connectivity index (χ2n) is 3.79. The molecule has 2 aromatic rings. The number of hydrogen-bond donors (Lipinski definition) is 1. The molecule has 0 bridgehead atoms. The van der Waals surface area contributed by atoms with Gasteiger partial charge in [0.1, 0.15) is 0 Å². The van der Waals surface area contributed by atoms with Crippen molar-refractivity contribution in [2.24, 2.45) is 0 Å². The zero-order valence-corrected chi connectivity index (χ0v) is 9.91. The Morgan fingerprint density at radius 1 is 1.31 bits per heavy atom. The van der Waals surface area contributed by atoms with E-state index in [0.29, 0.717) is 0 Å². The fraction of sp³-hybridized carbons (Fsp3) is 0.250. The van der Waals surface area contributed by atoms with E-state index in [9.17, 15) is 0 Å². The lowest BCUT2D eigenvalue weighted by atomic mass is 10.1. The van der Waals surface area contributed by atoms with Crippen molar-refractivity contribution in [3.05, 3.63) is 46.7 Å². The predicted molar refractivity (Wildman–Crippen MR) is 66.5 cm³/mol. The Bertz CT molecular complexity index is 474. The van der Waals surface area contributed by atoms with Gasteiger partial charge in [0.15, 0.2) is 0 Å². The lowest BCUT2D eigenvalue weighted by Crippen LogP contribution is -2.05. The number of nitrogens with zero attached hydrogens (tertiary/aromatic N) is 2. The van der Waals surface area contributed by atoms with Gasteiger partial charge in [-0.2, -0.15) is 5.10 Å². The van der Waals surface area contributed by atoms with Crippen molar-refractivity contribution < 1.29 is 0 Å². The van der Waals surface area contributed by atoms with Crippen LogP contribution in [0.15, 0.2) is 30.5 Å². The van der Waals surface area contributed by atoms with E-state index in [0.717, 1.165) is 29.4 Å². The van der Waals surface area contributed by atoms with Crippen molar-refractivity contribution in [3.8, 4) is 0 Å². The van der Waals surface area contributed by atoms with Gasteiger partial charge in [-0.15, -0.1) is 0 Å². The number of aromatic nitrogens is 2. The van der Waals surface area contributed by atoms with E-state index in [2.05, 4.69) is 5.10 Å². The maximum Gasteiger partial charge on any atom is 0.0814 e. The summed E-state index contributed by atoms with van der Waals surface area (Å²) >= 11 is 5.93. The van der Waals surface area contributed by atoms with Crippen LogP contribution in [0, 0.1) is 6.92 Å². The summed E-state index contributed by atoms with van der Waals surface area (Å²) in [6.07, 6.45) is 2.61. The summed E-state index contributed by atoms with van der Waals surface area (Å²) in [5, 5.41) is 4.93. The number of anilines is 1. The van der Waals surface area contributed by atoms with Gasteiger partial charge in [0, 0.05) is 12.2 Å². The molecule has 1 aromatic carbocycles. The Morgan fingerprint density at radius 2 is 2.00 bits per heavy atom. The minimum absolute atomic E-state index is 0.720. The Hall–Kier alpha value is -1.48. The van der Waals surface area contributed by atoms with Gasteiger partial charge in [-0.3, -0.25) is 4.68 Å². The summed E-state index contributed by atoms with van der Waals surface area (Å²) in [5.41, 5.74) is 8.68. The molecular formula is C12H14ClN3. The second-order valence-corrected chi connectivity index (χ2v) is 4.20. The Morgan fingerprint density at radius 3 is 2.56 bits per heavy atom. The van der Waals surface area contributed by atoms with Crippen molar-refractivity contribution in [1.29, 1.82) is 0 Å². The molecular weight excluding hydrogens is 222 g/mol. The highest BCUT2D eigenvalue weighted by Crippen LogP contribution is 2.14. The molecule has 1 heterocycles. The predicted octanol–water partition coefficient (Wildman–Crippen LogP) is 2.67. The van der Waals surface area contributed by atoms with Crippen molar-refractivity contribution in [3.63, 3.8) is 0 Å². The molecule has 0 atom stereocenters. The summed E-state index contributed by atoms with van der Waals surface area (Å²) in [7, 11) is 0. The van der Waals surface area contributed by atoms with Crippen LogP contribution in [-0.2, 0) is 13.0 Å². The number of benzene rings is 1. The molecule has 0 saturated carbocycles. The molecule has 2 N–H and O–H groups in total. The number of hydrogen-bond acceptors (Lipinski definition) is 2. The Balaban J connectivity index is 2.02. The van der Waals surface area contributed by atoms with Crippen LogP contribution in [0.1, 0.15) is 11.3 Å². The lowest BCUT2D eigenvalue weighted by Gasteiger charge is -2.05. The van der Waals surface area contributed by atoms with Gasteiger partial charge in [0.25, 0.3) is 0 Å². The highest BCUT2D eigenvalue weighted by atomic mass is 35.5. The molecule has 0 saturated heterocycles. The van der Waals surface area contributed by atoms with Crippen LogP contribution in [0.25, 0.3) is 0 Å². The highest BCUT2D eigenvalue weighted by Gasteiger charge is 2.03. The number of aryl methyl sites for hydroxylation is 2. The van der Waals surface area contributed by atoms with E-state index in [1.54, 1.807) is 6.20 Å². The van der Waals surface area contributed by atoms with Gasteiger partial charge in [0.2, 0.25) is 0 Å². The molecule has 3 nitrogen and oxygen atoms in total. The van der Waals surface area contributed by atoms with Crippen molar-refractivity contribution >= 4 is 17.3 Å². The van der Waals surface area contributed by atoms with Gasteiger partial charge in [0.05, 0.1) is 16.9 Å². The van der Waals surface area contributed by atoms with Crippen LogP contribution < -0.4 is 5.73 Å². The van der Waals surface area contributed by atoms with Crippen LogP contribution in [0.3, 0.4) is 0 Å². The molecule has 0 aliphatic carbocycles. The first-order valence-electron chi connectivity index (χ1n) is 5.19. The monoisotopic (exact) mass is 235 g/mol. The smallest absolute Gasteiger partial charge is 0.0814 e. The topological polar surface area (TPSA) is 43.8 Å². The van der Waals surface area contributed by atoms with Crippen LogP contribution >= 0.6 is 11.6 Å². The van der Waals surface area contributed by atoms with E-state index in [4.69, 9.17) is 17.3 Å². The van der Waals surface area contributed by atoms with Crippen molar-refractivity contribution in [2.75, 3.05) is 5.73 Å². The van der Waals surface area contributed by atoms with Gasteiger partial charge in [-0.25, -0.2) is 0 Å². The van der Waals surface area contributed by atoms with Crippen LogP contribution in [-0.4, -0.2) is 9.78 Å². The van der Waals surface area contributed by atoms with E-state index in [-0.39, 0.29) is 0 Å². The molecule has 0 aliphatic heterocycles. The first-order chi connectivity index (χ1) is 7.66. The quantitative estimate of drug-likeness (QED) is 0.832. The molecule has 84 valence electrons. The SMILES string of the molecule is Cc1c(Cl)cnn1CCc1ccc(N)cc1. The summed E-state index contributed by atoms with van der Waals surface area (Å²) in [5.74, 6) is 0. The summed E-state index contributed by atoms with van der Waals surface area (Å²) in [6.45, 7) is 2.81. The maximum atomic E-state index is 5.93. The zero-order chi connectivity index (χ0) is 11.5. The van der Waals surface area contributed by atoms with E-state index in [1.165, 1.54) is 5.56 Å². The largest absolute Gasteiger partial charge is 0.399 e. The Kier molecular flexibility index (Phi) is 3.15. The molecule has 0 spiro atoms. The first kappa shape index (κ1) is 11.0. The number of halogens is 1. The molecule has 16 heavy (non-hydrogen) atoms. The average molecular weight is 236 g/mol. The minimum Gasteiger partial charge on any atom is -0.399 e. The standard InChI is InChI=1S/C12H14ClN3/c1-9-12(13)8-15-16(9)7-6-10-2-4-11(14)5-3-10/h2-5,8H,6-7,14H2,1H3. The zero-order valence-electron chi connectivity index (χ0n) is 9.15. The summed E-state index contributed by atoms with van der Waals surface area (Å²) in [4.78, 5) is 0. The number of nitrogens with two attached hydrogens (primary N) is 1. The molecule has 0 unspecified atom stereocenters. The van der Waals surface area contributed by atoms with Gasteiger partial charge in [-0.1, -0.05) is 23.7 Å². The molecule has 4 heteroatoms. The van der Waals surface area contributed by atoms with Crippen LogP contribution in [0.5, 0.6) is 0 Å². The third-order valence-corrected chi connectivity index (χ3v) is 3.01.